The number of fused-ring (bicyclic) bond motifs is 1. The molecule has 0 atom stereocenters. The summed E-state index contributed by atoms with van der Waals surface area (Å²) in [5.41, 5.74) is 1.03. The Morgan fingerprint density at radius 1 is 0.864 bits per heavy atom. The molecule has 0 radical (unpaired) electrons. The summed E-state index contributed by atoms with van der Waals surface area (Å²) < 4.78 is 1.81. The summed E-state index contributed by atoms with van der Waals surface area (Å²) >= 11 is 0. The number of hydrogen-bond donors (Lipinski definition) is 0. The molecular weight excluding hydrogens is 270 g/mol. The van der Waals surface area contributed by atoms with Crippen molar-refractivity contribution in [3.63, 3.8) is 0 Å². The van der Waals surface area contributed by atoms with Crippen LogP contribution in [0.5, 0.6) is 0 Å². The third-order valence-electron chi connectivity index (χ3n) is 4.36. The van der Waals surface area contributed by atoms with Gasteiger partial charge in [0.15, 0.2) is 0 Å². The largest absolute Gasteiger partial charge is 0.287 e. The fourth-order valence-corrected chi connectivity index (χ4v) is 3.01. The molecule has 0 amide bonds. The first-order valence-electron chi connectivity index (χ1n) is 8.92. The minimum Gasteiger partial charge on any atom is -0.287 e. The van der Waals surface area contributed by atoms with Crippen molar-refractivity contribution >= 4 is 16.8 Å². The molecule has 0 aliphatic heterocycles. The lowest BCUT2D eigenvalue weighted by molar-refractivity contribution is 0.0904. The molecule has 0 fully saturated rings. The van der Waals surface area contributed by atoms with Crippen LogP contribution in [0.4, 0.5) is 0 Å². The number of para-hydroxylation sites is 1. The van der Waals surface area contributed by atoms with E-state index in [1.807, 2.05) is 30.5 Å². The Hall–Kier alpha value is -1.57. The van der Waals surface area contributed by atoms with Gasteiger partial charge < -0.3 is 0 Å². The van der Waals surface area contributed by atoms with Crippen LogP contribution in [-0.4, -0.2) is 10.5 Å². The van der Waals surface area contributed by atoms with Crippen molar-refractivity contribution in [2.45, 2.75) is 71.1 Å². The molecule has 2 rings (SSSR count). The molecule has 0 aliphatic rings. The lowest BCUT2D eigenvalue weighted by Gasteiger charge is -2.05. The molecular formula is C20H29NO. The lowest BCUT2D eigenvalue weighted by Crippen LogP contribution is -2.08. The second-order valence-electron chi connectivity index (χ2n) is 6.22. The van der Waals surface area contributed by atoms with Gasteiger partial charge in [-0.05, 0) is 18.6 Å². The van der Waals surface area contributed by atoms with Gasteiger partial charge in [0, 0.05) is 18.0 Å². The smallest absolute Gasteiger partial charge is 0.231 e. The maximum Gasteiger partial charge on any atom is 0.231 e. The van der Waals surface area contributed by atoms with Gasteiger partial charge in [-0.1, -0.05) is 76.5 Å². The summed E-state index contributed by atoms with van der Waals surface area (Å²) in [7, 11) is 0. The van der Waals surface area contributed by atoms with Crippen LogP contribution in [0.3, 0.4) is 0 Å². The summed E-state index contributed by atoms with van der Waals surface area (Å²) in [4.78, 5) is 12.3. The van der Waals surface area contributed by atoms with Gasteiger partial charge in [0.1, 0.15) is 0 Å². The molecule has 0 saturated carbocycles. The van der Waals surface area contributed by atoms with Gasteiger partial charge in [0.2, 0.25) is 5.91 Å². The molecule has 0 aliphatic carbocycles. The normalized spacial score (nSPS) is 11.1. The molecule has 0 N–H and O–H groups in total. The number of benzene rings is 1. The van der Waals surface area contributed by atoms with E-state index < -0.39 is 0 Å². The van der Waals surface area contributed by atoms with Crippen molar-refractivity contribution in [2.75, 3.05) is 0 Å². The van der Waals surface area contributed by atoms with Gasteiger partial charge in [0.25, 0.3) is 0 Å². The average Bonchev–Trinajstić information content (AvgIpc) is 2.97. The summed E-state index contributed by atoms with van der Waals surface area (Å²) in [6.07, 6.45) is 14.2. The van der Waals surface area contributed by atoms with E-state index >= 15 is 0 Å². The topological polar surface area (TPSA) is 22.0 Å². The van der Waals surface area contributed by atoms with Crippen LogP contribution in [0.1, 0.15) is 75.9 Å². The van der Waals surface area contributed by atoms with Crippen LogP contribution in [0.15, 0.2) is 36.5 Å². The van der Waals surface area contributed by atoms with Crippen molar-refractivity contribution in [3.8, 4) is 0 Å². The summed E-state index contributed by atoms with van der Waals surface area (Å²) in [5, 5.41) is 1.14. The van der Waals surface area contributed by atoms with Gasteiger partial charge in [-0.25, -0.2) is 0 Å². The quantitative estimate of drug-likeness (QED) is 0.478. The molecule has 0 saturated heterocycles. The van der Waals surface area contributed by atoms with E-state index in [1.54, 1.807) is 4.57 Å². The highest BCUT2D eigenvalue weighted by molar-refractivity contribution is 5.92. The molecule has 0 bridgehead atoms. The monoisotopic (exact) mass is 299 g/mol. The zero-order chi connectivity index (χ0) is 15.6. The number of unbranched alkanes of at least 4 members (excludes halogenated alkanes) is 8. The first-order chi connectivity index (χ1) is 10.8. The maximum absolute atomic E-state index is 12.3. The predicted octanol–water partition coefficient (Wildman–Crippen LogP) is 6.20. The van der Waals surface area contributed by atoms with E-state index in [9.17, 15) is 4.79 Å². The number of nitrogens with zero attached hydrogens (tertiary/aromatic N) is 1. The van der Waals surface area contributed by atoms with Gasteiger partial charge in [-0.2, -0.15) is 0 Å². The lowest BCUT2D eigenvalue weighted by atomic mass is 10.1. The maximum atomic E-state index is 12.3. The molecule has 120 valence electrons. The highest BCUT2D eigenvalue weighted by atomic mass is 16.2. The number of carbonyl (C=O) groups excluding carboxylic acids is 1. The predicted molar refractivity (Wildman–Crippen MR) is 94.4 cm³/mol. The van der Waals surface area contributed by atoms with Crippen LogP contribution in [-0.2, 0) is 0 Å². The van der Waals surface area contributed by atoms with Crippen LogP contribution in [0.2, 0.25) is 0 Å². The second-order valence-corrected chi connectivity index (χ2v) is 6.22. The standard InChI is InChI=1S/C20H29NO/c1-2-3-4-5-6-7-8-9-10-15-20(22)21-17-16-18-13-11-12-14-19(18)21/h11-14,16-17H,2-10,15H2,1H3. The van der Waals surface area contributed by atoms with E-state index in [2.05, 4.69) is 13.0 Å². The average molecular weight is 299 g/mol. The minimum absolute atomic E-state index is 0.226. The van der Waals surface area contributed by atoms with E-state index in [0.29, 0.717) is 6.42 Å². The first kappa shape index (κ1) is 16.8. The summed E-state index contributed by atoms with van der Waals surface area (Å²) in [5.74, 6) is 0.226. The summed E-state index contributed by atoms with van der Waals surface area (Å²) in [6.45, 7) is 2.25. The van der Waals surface area contributed by atoms with Gasteiger partial charge in [-0.15, -0.1) is 0 Å². The first-order valence-corrected chi connectivity index (χ1v) is 8.92. The zero-order valence-corrected chi connectivity index (χ0v) is 13.9. The molecule has 2 nitrogen and oxygen atoms in total. The molecule has 0 spiro atoms. The van der Waals surface area contributed by atoms with Gasteiger partial charge in [-0.3, -0.25) is 9.36 Å². The SMILES string of the molecule is CCCCCCCCCCCC(=O)n1ccc2ccccc21. The number of hydrogen-bond acceptors (Lipinski definition) is 1. The molecule has 2 heteroatoms. The Morgan fingerprint density at radius 2 is 1.50 bits per heavy atom. The molecule has 0 unspecified atom stereocenters. The molecule has 1 aromatic heterocycles. The van der Waals surface area contributed by atoms with Crippen LogP contribution >= 0.6 is 0 Å². The van der Waals surface area contributed by atoms with Crippen LogP contribution in [0, 0.1) is 0 Å². The molecule has 22 heavy (non-hydrogen) atoms. The Morgan fingerprint density at radius 3 is 2.23 bits per heavy atom. The number of aromatic nitrogens is 1. The van der Waals surface area contributed by atoms with Gasteiger partial charge >= 0.3 is 0 Å². The Kier molecular flexibility index (Phi) is 7.21. The van der Waals surface area contributed by atoms with E-state index in [4.69, 9.17) is 0 Å². The Balaban J connectivity index is 1.62. The molecule has 2 aromatic rings. The number of rotatable bonds is 10. The molecule has 1 heterocycles. The van der Waals surface area contributed by atoms with Crippen molar-refractivity contribution in [2.24, 2.45) is 0 Å². The van der Waals surface area contributed by atoms with E-state index in [-0.39, 0.29) is 5.91 Å². The third-order valence-corrected chi connectivity index (χ3v) is 4.36. The van der Waals surface area contributed by atoms with Crippen molar-refractivity contribution in [1.29, 1.82) is 0 Å². The highest BCUT2D eigenvalue weighted by Crippen LogP contribution is 2.17. The Bertz CT molecular complexity index is 570. The van der Waals surface area contributed by atoms with Crippen molar-refractivity contribution in [1.82, 2.24) is 4.57 Å². The Labute approximate surface area is 134 Å². The highest BCUT2D eigenvalue weighted by Gasteiger charge is 2.07. The summed E-state index contributed by atoms with van der Waals surface area (Å²) in [6, 6.07) is 10.1. The zero-order valence-electron chi connectivity index (χ0n) is 13.9. The second kappa shape index (κ2) is 9.45. The van der Waals surface area contributed by atoms with Crippen molar-refractivity contribution < 1.29 is 4.79 Å². The van der Waals surface area contributed by atoms with E-state index in [1.165, 1.54) is 51.4 Å². The third kappa shape index (κ3) is 5.01. The van der Waals surface area contributed by atoms with Crippen LogP contribution in [0.25, 0.3) is 10.9 Å². The fraction of sp³-hybridized carbons (Fsp3) is 0.550. The van der Waals surface area contributed by atoms with Gasteiger partial charge in [0.05, 0.1) is 5.52 Å². The van der Waals surface area contributed by atoms with Crippen molar-refractivity contribution in [3.05, 3.63) is 36.5 Å². The minimum atomic E-state index is 0.226. The number of carbonyl (C=O) groups is 1. The van der Waals surface area contributed by atoms with Crippen LogP contribution < -0.4 is 0 Å². The fourth-order valence-electron chi connectivity index (χ4n) is 3.01. The molecule has 1 aromatic carbocycles. The van der Waals surface area contributed by atoms with E-state index in [0.717, 1.165) is 17.3 Å².